The van der Waals surface area contributed by atoms with Gasteiger partial charge in [0.25, 0.3) is 0 Å². The van der Waals surface area contributed by atoms with E-state index < -0.39 is 0 Å². The van der Waals surface area contributed by atoms with Gasteiger partial charge in [0.2, 0.25) is 5.88 Å². The largest absolute Gasteiger partial charge is 0.480 e. The predicted octanol–water partition coefficient (Wildman–Crippen LogP) is 1.15. The zero-order valence-corrected chi connectivity index (χ0v) is 7.92. The fourth-order valence-corrected chi connectivity index (χ4v) is 1.51. The molecule has 2 heterocycles. The van der Waals surface area contributed by atoms with Crippen LogP contribution in [0.4, 0.5) is 5.82 Å². The monoisotopic (exact) mass is 179 g/mol. The van der Waals surface area contributed by atoms with Gasteiger partial charge in [-0.1, -0.05) is 0 Å². The highest BCUT2D eigenvalue weighted by Gasteiger charge is 2.14. The van der Waals surface area contributed by atoms with Crippen molar-refractivity contribution in [2.45, 2.75) is 19.8 Å². The second kappa shape index (κ2) is 3.20. The highest BCUT2D eigenvalue weighted by atomic mass is 16.5. The van der Waals surface area contributed by atoms with Crippen molar-refractivity contribution in [1.82, 2.24) is 9.97 Å². The minimum Gasteiger partial charge on any atom is -0.480 e. The molecular weight excluding hydrogens is 166 g/mol. The van der Waals surface area contributed by atoms with Crippen molar-refractivity contribution < 1.29 is 4.74 Å². The van der Waals surface area contributed by atoms with Gasteiger partial charge in [0.05, 0.1) is 12.8 Å². The Bertz CT molecular complexity index is 325. The lowest BCUT2D eigenvalue weighted by atomic mass is 10.1. The van der Waals surface area contributed by atoms with E-state index in [0.29, 0.717) is 5.88 Å². The number of methoxy groups -OCH3 is 1. The van der Waals surface area contributed by atoms with Crippen LogP contribution in [0.15, 0.2) is 0 Å². The molecule has 4 heteroatoms. The van der Waals surface area contributed by atoms with Crippen molar-refractivity contribution in [3.05, 3.63) is 11.4 Å². The van der Waals surface area contributed by atoms with Gasteiger partial charge < -0.3 is 10.1 Å². The number of nitrogens with zero attached hydrogens (tertiary/aromatic N) is 2. The molecular formula is C9H13N3O. The van der Waals surface area contributed by atoms with Gasteiger partial charge >= 0.3 is 0 Å². The molecule has 13 heavy (non-hydrogen) atoms. The van der Waals surface area contributed by atoms with Crippen molar-refractivity contribution in [3.8, 4) is 5.88 Å². The van der Waals surface area contributed by atoms with E-state index in [0.717, 1.165) is 36.6 Å². The third-order valence-corrected chi connectivity index (χ3v) is 2.18. The number of rotatable bonds is 1. The standard InChI is InChI=1S/C9H13N3O/c1-6-9(13-2)12-7-4-3-5-10-8(7)11-6/h3-5H2,1-2H3,(H,10,11). The van der Waals surface area contributed by atoms with Gasteiger partial charge in [0, 0.05) is 6.54 Å². The van der Waals surface area contributed by atoms with Crippen LogP contribution in [0.3, 0.4) is 0 Å². The third-order valence-electron chi connectivity index (χ3n) is 2.18. The summed E-state index contributed by atoms with van der Waals surface area (Å²) >= 11 is 0. The Hall–Kier alpha value is -1.32. The molecule has 1 aliphatic rings. The van der Waals surface area contributed by atoms with E-state index in [1.807, 2.05) is 6.92 Å². The first-order chi connectivity index (χ1) is 6.31. The van der Waals surface area contributed by atoms with Crippen LogP contribution < -0.4 is 10.1 Å². The van der Waals surface area contributed by atoms with Gasteiger partial charge in [-0.05, 0) is 19.8 Å². The minimum absolute atomic E-state index is 0.641. The topological polar surface area (TPSA) is 47.0 Å². The summed E-state index contributed by atoms with van der Waals surface area (Å²) in [7, 11) is 1.62. The first-order valence-corrected chi connectivity index (χ1v) is 4.46. The first-order valence-electron chi connectivity index (χ1n) is 4.46. The maximum absolute atomic E-state index is 5.11. The van der Waals surface area contributed by atoms with E-state index in [2.05, 4.69) is 15.3 Å². The Kier molecular flexibility index (Phi) is 2.04. The Morgan fingerprint density at radius 2 is 2.23 bits per heavy atom. The van der Waals surface area contributed by atoms with Crippen molar-refractivity contribution in [2.75, 3.05) is 19.0 Å². The normalized spacial score (nSPS) is 14.6. The molecule has 1 aliphatic heterocycles. The van der Waals surface area contributed by atoms with Crippen LogP contribution in [0.25, 0.3) is 0 Å². The summed E-state index contributed by atoms with van der Waals surface area (Å²) in [5.74, 6) is 1.56. The molecule has 1 N–H and O–H groups in total. The summed E-state index contributed by atoms with van der Waals surface area (Å²) in [5, 5.41) is 3.23. The van der Waals surface area contributed by atoms with Crippen LogP contribution >= 0.6 is 0 Å². The average Bonchev–Trinajstić information content (AvgIpc) is 2.17. The molecule has 0 atom stereocenters. The Labute approximate surface area is 77.4 Å². The number of hydrogen-bond donors (Lipinski definition) is 1. The molecule has 0 saturated heterocycles. The summed E-state index contributed by atoms with van der Waals surface area (Å²) < 4.78 is 5.11. The molecule has 2 rings (SSSR count). The molecule has 0 unspecified atom stereocenters. The maximum atomic E-state index is 5.11. The highest BCUT2D eigenvalue weighted by Crippen LogP contribution is 2.22. The number of anilines is 1. The molecule has 0 spiro atoms. The van der Waals surface area contributed by atoms with Gasteiger partial charge in [-0.3, -0.25) is 0 Å². The molecule has 0 bridgehead atoms. The van der Waals surface area contributed by atoms with Crippen molar-refractivity contribution in [2.24, 2.45) is 0 Å². The fourth-order valence-electron chi connectivity index (χ4n) is 1.51. The van der Waals surface area contributed by atoms with E-state index >= 15 is 0 Å². The number of aromatic nitrogens is 2. The molecule has 4 nitrogen and oxygen atoms in total. The number of fused-ring (bicyclic) bond motifs is 1. The minimum atomic E-state index is 0.641. The van der Waals surface area contributed by atoms with Crippen LogP contribution in [-0.2, 0) is 6.42 Å². The number of nitrogens with one attached hydrogen (secondary N) is 1. The highest BCUT2D eigenvalue weighted by molar-refractivity contribution is 5.45. The van der Waals surface area contributed by atoms with Crippen molar-refractivity contribution in [1.29, 1.82) is 0 Å². The lowest BCUT2D eigenvalue weighted by molar-refractivity contribution is 0.389. The summed E-state index contributed by atoms with van der Waals surface area (Å²) in [6, 6.07) is 0. The van der Waals surface area contributed by atoms with E-state index in [1.165, 1.54) is 0 Å². The van der Waals surface area contributed by atoms with Crippen LogP contribution in [0.1, 0.15) is 17.8 Å². The van der Waals surface area contributed by atoms with Crippen LogP contribution in [-0.4, -0.2) is 23.6 Å². The Morgan fingerprint density at radius 1 is 1.38 bits per heavy atom. The number of ether oxygens (including phenoxy) is 1. The molecule has 0 fully saturated rings. The molecule has 0 aromatic carbocycles. The van der Waals surface area contributed by atoms with E-state index in [4.69, 9.17) is 4.74 Å². The molecule has 0 radical (unpaired) electrons. The molecule has 1 aromatic rings. The van der Waals surface area contributed by atoms with Gasteiger partial charge in [-0.25, -0.2) is 9.97 Å². The van der Waals surface area contributed by atoms with Crippen LogP contribution in [0, 0.1) is 6.92 Å². The quantitative estimate of drug-likeness (QED) is 0.702. The van der Waals surface area contributed by atoms with Gasteiger partial charge in [0.15, 0.2) is 0 Å². The lowest BCUT2D eigenvalue weighted by Gasteiger charge is -2.17. The maximum Gasteiger partial charge on any atom is 0.235 e. The fraction of sp³-hybridized carbons (Fsp3) is 0.556. The number of hydrogen-bond acceptors (Lipinski definition) is 4. The molecule has 70 valence electrons. The van der Waals surface area contributed by atoms with Gasteiger partial charge in [-0.15, -0.1) is 0 Å². The zero-order chi connectivity index (χ0) is 9.26. The number of aryl methyl sites for hydroxylation is 2. The summed E-state index contributed by atoms with van der Waals surface area (Å²) in [4.78, 5) is 8.77. The Morgan fingerprint density at radius 3 is 3.00 bits per heavy atom. The SMILES string of the molecule is COc1nc2c(nc1C)NCCC2. The molecule has 1 aromatic heterocycles. The molecule has 0 amide bonds. The summed E-state index contributed by atoms with van der Waals surface area (Å²) in [6.07, 6.45) is 2.11. The second-order valence-electron chi connectivity index (χ2n) is 3.14. The Balaban J connectivity index is 2.44. The molecule has 0 saturated carbocycles. The van der Waals surface area contributed by atoms with Gasteiger partial charge in [-0.2, -0.15) is 0 Å². The summed E-state index contributed by atoms with van der Waals surface area (Å²) in [5.41, 5.74) is 1.87. The third kappa shape index (κ3) is 1.43. The smallest absolute Gasteiger partial charge is 0.235 e. The average molecular weight is 179 g/mol. The van der Waals surface area contributed by atoms with Crippen molar-refractivity contribution >= 4 is 5.82 Å². The van der Waals surface area contributed by atoms with Crippen LogP contribution in [0.5, 0.6) is 5.88 Å². The van der Waals surface area contributed by atoms with Crippen LogP contribution in [0.2, 0.25) is 0 Å². The lowest BCUT2D eigenvalue weighted by Crippen LogP contribution is -2.16. The van der Waals surface area contributed by atoms with E-state index in [1.54, 1.807) is 7.11 Å². The van der Waals surface area contributed by atoms with Gasteiger partial charge in [0.1, 0.15) is 11.5 Å². The first kappa shape index (κ1) is 8.29. The van der Waals surface area contributed by atoms with E-state index in [-0.39, 0.29) is 0 Å². The molecule has 0 aliphatic carbocycles. The zero-order valence-electron chi connectivity index (χ0n) is 7.92. The predicted molar refractivity (Wildman–Crippen MR) is 50.1 cm³/mol. The second-order valence-corrected chi connectivity index (χ2v) is 3.14. The van der Waals surface area contributed by atoms with E-state index in [9.17, 15) is 0 Å². The summed E-state index contributed by atoms with van der Waals surface area (Å²) in [6.45, 7) is 2.90. The van der Waals surface area contributed by atoms with Crippen molar-refractivity contribution in [3.63, 3.8) is 0 Å².